The van der Waals surface area contributed by atoms with E-state index in [0.29, 0.717) is 6.04 Å². The molecule has 1 nitrogen and oxygen atoms in total. The van der Waals surface area contributed by atoms with Gasteiger partial charge in [-0.1, -0.05) is 58.4 Å². The summed E-state index contributed by atoms with van der Waals surface area (Å²) in [6.45, 7) is 4.33. The Morgan fingerprint density at radius 2 is 1.67 bits per heavy atom. The second-order valence-electron chi connectivity index (χ2n) is 5.69. The number of rotatable bonds is 6. The van der Waals surface area contributed by atoms with Gasteiger partial charge in [-0.2, -0.15) is 0 Å². The third kappa shape index (κ3) is 4.42. The summed E-state index contributed by atoms with van der Waals surface area (Å²) in [6, 6.07) is 15.7. The van der Waals surface area contributed by atoms with Crippen LogP contribution in [0.3, 0.4) is 0 Å². The molecular weight excluding hydrogens is 322 g/mol. The molecule has 0 spiro atoms. The predicted molar refractivity (Wildman–Crippen MR) is 94.8 cm³/mol. The van der Waals surface area contributed by atoms with E-state index in [9.17, 15) is 0 Å². The van der Waals surface area contributed by atoms with Crippen LogP contribution in [-0.4, -0.2) is 7.05 Å². The molecule has 1 atom stereocenters. The predicted octanol–water partition coefficient (Wildman–Crippen LogP) is 5.35. The van der Waals surface area contributed by atoms with Crippen LogP contribution >= 0.6 is 15.9 Å². The molecule has 0 radical (unpaired) electrons. The molecule has 0 fully saturated rings. The first-order valence-electron chi connectivity index (χ1n) is 7.59. The Balaban J connectivity index is 2.00. The zero-order chi connectivity index (χ0) is 15.2. The van der Waals surface area contributed by atoms with Gasteiger partial charge in [0, 0.05) is 10.5 Å². The van der Waals surface area contributed by atoms with E-state index in [1.54, 1.807) is 0 Å². The van der Waals surface area contributed by atoms with Crippen molar-refractivity contribution in [2.75, 3.05) is 7.05 Å². The van der Waals surface area contributed by atoms with Gasteiger partial charge in [-0.3, -0.25) is 0 Å². The number of hydrogen-bond acceptors (Lipinski definition) is 1. The normalized spacial score (nSPS) is 12.4. The lowest BCUT2D eigenvalue weighted by atomic mass is 9.96. The lowest BCUT2D eigenvalue weighted by Crippen LogP contribution is -2.17. The SMILES string of the molecule is CNC(CCCc1ccccc1)c1cc(C)c(Br)c(C)c1. The Labute approximate surface area is 136 Å². The molecule has 0 saturated heterocycles. The summed E-state index contributed by atoms with van der Waals surface area (Å²) in [6.07, 6.45) is 3.50. The number of nitrogens with one attached hydrogen (secondary N) is 1. The van der Waals surface area contributed by atoms with Crippen molar-refractivity contribution in [3.8, 4) is 0 Å². The van der Waals surface area contributed by atoms with E-state index >= 15 is 0 Å². The maximum Gasteiger partial charge on any atom is 0.0317 e. The van der Waals surface area contributed by atoms with Crippen LogP contribution in [0.4, 0.5) is 0 Å². The topological polar surface area (TPSA) is 12.0 Å². The van der Waals surface area contributed by atoms with Crippen molar-refractivity contribution in [2.24, 2.45) is 0 Å². The number of aryl methyl sites for hydroxylation is 3. The first-order valence-corrected chi connectivity index (χ1v) is 8.39. The summed E-state index contributed by atoms with van der Waals surface area (Å²) in [5.74, 6) is 0. The van der Waals surface area contributed by atoms with E-state index in [1.165, 1.54) is 33.1 Å². The van der Waals surface area contributed by atoms with Crippen molar-refractivity contribution >= 4 is 15.9 Å². The molecule has 0 heterocycles. The average Bonchev–Trinajstić information content (AvgIpc) is 2.50. The van der Waals surface area contributed by atoms with Crippen LogP contribution in [0.25, 0.3) is 0 Å². The molecule has 21 heavy (non-hydrogen) atoms. The highest BCUT2D eigenvalue weighted by atomic mass is 79.9. The molecule has 0 bridgehead atoms. The molecule has 0 aliphatic heterocycles. The summed E-state index contributed by atoms with van der Waals surface area (Å²) in [4.78, 5) is 0. The van der Waals surface area contributed by atoms with Crippen molar-refractivity contribution < 1.29 is 0 Å². The van der Waals surface area contributed by atoms with Gasteiger partial charge in [-0.25, -0.2) is 0 Å². The molecule has 0 aliphatic rings. The lowest BCUT2D eigenvalue weighted by molar-refractivity contribution is 0.526. The van der Waals surface area contributed by atoms with E-state index in [2.05, 4.69) is 84.6 Å². The zero-order valence-electron chi connectivity index (χ0n) is 13.1. The van der Waals surface area contributed by atoms with E-state index in [0.717, 1.165) is 12.8 Å². The Hall–Kier alpha value is -1.12. The van der Waals surface area contributed by atoms with E-state index in [4.69, 9.17) is 0 Å². The van der Waals surface area contributed by atoms with Crippen LogP contribution in [0, 0.1) is 13.8 Å². The molecule has 1 N–H and O–H groups in total. The van der Waals surface area contributed by atoms with Crippen molar-refractivity contribution in [1.82, 2.24) is 5.32 Å². The standard InChI is InChI=1S/C19H24BrN/c1-14-12-17(13-15(2)19(14)20)18(21-3)11-7-10-16-8-5-4-6-9-16/h4-6,8-9,12-13,18,21H,7,10-11H2,1-3H3. The molecule has 2 aromatic carbocycles. The third-order valence-electron chi connectivity index (χ3n) is 4.01. The van der Waals surface area contributed by atoms with E-state index in [-0.39, 0.29) is 0 Å². The summed E-state index contributed by atoms with van der Waals surface area (Å²) in [5.41, 5.74) is 5.45. The highest BCUT2D eigenvalue weighted by molar-refractivity contribution is 9.10. The fourth-order valence-electron chi connectivity index (χ4n) is 2.81. The third-order valence-corrected chi connectivity index (χ3v) is 5.26. The Kier molecular flexibility index (Phi) is 6.01. The van der Waals surface area contributed by atoms with Gasteiger partial charge in [0.2, 0.25) is 0 Å². The van der Waals surface area contributed by atoms with Crippen molar-refractivity contribution in [3.05, 3.63) is 69.2 Å². The Morgan fingerprint density at radius 3 is 2.24 bits per heavy atom. The molecule has 0 aliphatic carbocycles. The van der Waals surface area contributed by atoms with Crippen molar-refractivity contribution in [3.63, 3.8) is 0 Å². The minimum Gasteiger partial charge on any atom is -0.313 e. The van der Waals surface area contributed by atoms with Gasteiger partial charge >= 0.3 is 0 Å². The Morgan fingerprint density at radius 1 is 1.05 bits per heavy atom. The van der Waals surface area contributed by atoms with Gasteiger partial charge in [0.1, 0.15) is 0 Å². The minimum atomic E-state index is 0.430. The van der Waals surface area contributed by atoms with Crippen LogP contribution in [0.2, 0.25) is 0 Å². The van der Waals surface area contributed by atoms with Crippen LogP contribution < -0.4 is 5.32 Å². The Bertz CT molecular complexity index is 554. The van der Waals surface area contributed by atoms with Crippen molar-refractivity contribution in [1.29, 1.82) is 0 Å². The molecule has 2 rings (SSSR count). The van der Waals surface area contributed by atoms with Gasteiger partial charge in [0.15, 0.2) is 0 Å². The molecule has 2 aromatic rings. The monoisotopic (exact) mass is 345 g/mol. The molecule has 2 heteroatoms. The highest BCUT2D eigenvalue weighted by Gasteiger charge is 2.11. The first-order chi connectivity index (χ1) is 10.1. The van der Waals surface area contributed by atoms with Gasteiger partial charge in [-0.15, -0.1) is 0 Å². The lowest BCUT2D eigenvalue weighted by Gasteiger charge is -2.19. The van der Waals surface area contributed by atoms with Crippen LogP contribution in [0.5, 0.6) is 0 Å². The van der Waals surface area contributed by atoms with Gasteiger partial charge in [0.25, 0.3) is 0 Å². The summed E-state index contributed by atoms with van der Waals surface area (Å²) < 4.78 is 1.23. The van der Waals surface area contributed by atoms with Gasteiger partial charge < -0.3 is 5.32 Å². The molecule has 0 amide bonds. The molecule has 0 saturated carbocycles. The first kappa shape index (κ1) is 16.3. The second-order valence-corrected chi connectivity index (χ2v) is 6.48. The summed E-state index contributed by atoms with van der Waals surface area (Å²) >= 11 is 3.65. The fraction of sp³-hybridized carbons (Fsp3) is 0.368. The average molecular weight is 346 g/mol. The molecule has 1 unspecified atom stereocenters. The van der Waals surface area contributed by atoms with E-state index < -0.39 is 0 Å². The highest BCUT2D eigenvalue weighted by Crippen LogP contribution is 2.27. The summed E-state index contributed by atoms with van der Waals surface area (Å²) in [5, 5.41) is 3.46. The number of benzene rings is 2. The number of halogens is 1. The smallest absolute Gasteiger partial charge is 0.0317 e. The fourth-order valence-corrected chi connectivity index (χ4v) is 3.04. The maximum atomic E-state index is 3.65. The van der Waals surface area contributed by atoms with Gasteiger partial charge in [-0.05, 0) is 62.4 Å². The van der Waals surface area contributed by atoms with E-state index in [1.807, 2.05) is 0 Å². The number of hydrogen-bond donors (Lipinski definition) is 1. The van der Waals surface area contributed by atoms with Crippen LogP contribution in [0.1, 0.15) is 41.1 Å². The largest absolute Gasteiger partial charge is 0.313 e. The maximum absolute atomic E-state index is 3.65. The molecule has 112 valence electrons. The second kappa shape index (κ2) is 7.77. The van der Waals surface area contributed by atoms with Gasteiger partial charge in [0.05, 0.1) is 0 Å². The molecule has 0 aromatic heterocycles. The van der Waals surface area contributed by atoms with Crippen molar-refractivity contribution in [2.45, 2.75) is 39.2 Å². The van der Waals surface area contributed by atoms with Crippen LogP contribution in [0.15, 0.2) is 46.9 Å². The zero-order valence-corrected chi connectivity index (χ0v) is 14.7. The minimum absolute atomic E-state index is 0.430. The quantitative estimate of drug-likeness (QED) is 0.743. The van der Waals surface area contributed by atoms with Crippen LogP contribution in [-0.2, 0) is 6.42 Å². The molecular formula is C19H24BrN. The summed E-state index contributed by atoms with van der Waals surface area (Å²) in [7, 11) is 2.06.